The first kappa shape index (κ1) is 15.8. The Labute approximate surface area is 129 Å². The van der Waals surface area contributed by atoms with Crippen LogP contribution in [0.5, 0.6) is 0 Å². The van der Waals surface area contributed by atoms with E-state index in [2.05, 4.69) is 82.4 Å². The lowest BCUT2D eigenvalue weighted by atomic mass is 9.80. The number of benzene rings is 2. The molecule has 0 fully saturated rings. The van der Waals surface area contributed by atoms with E-state index in [0.717, 1.165) is 0 Å². The van der Waals surface area contributed by atoms with Crippen LogP contribution in [0.1, 0.15) is 54.6 Å². The summed E-state index contributed by atoms with van der Waals surface area (Å²) >= 11 is 0. The second-order valence-corrected chi connectivity index (χ2v) is 6.90. The van der Waals surface area contributed by atoms with Crippen molar-refractivity contribution in [3.63, 3.8) is 0 Å². The minimum atomic E-state index is 0.144. The summed E-state index contributed by atoms with van der Waals surface area (Å²) in [6, 6.07) is 15.8. The molecule has 0 radical (unpaired) electrons. The van der Waals surface area contributed by atoms with Gasteiger partial charge < -0.3 is 5.32 Å². The first-order valence-corrected chi connectivity index (χ1v) is 7.68. The minimum absolute atomic E-state index is 0.144. The lowest BCUT2D eigenvalue weighted by Gasteiger charge is -2.28. The van der Waals surface area contributed by atoms with Crippen molar-refractivity contribution in [2.45, 2.75) is 46.1 Å². The summed E-state index contributed by atoms with van der Waals surface area (Å²) < 4.78 is 0. The fourth-order valence-corrected chi connectivity index (χ4v) is 2.88. The molecule has 0 spiro atoms. The molecule has 1 nitrogen and oxygen atoms in total. The molecule has 0 heterocycles. The third-order valence-corrected chi connectivity index (χ3v) is 4.23. The summed E-state index contributed by atoms with van der Waals surface area (Å²) in [4.78, 5) is 0. The molecule has 0 bridgehead atoms. The van der Waals surface area contributed by atoms with Gasteiger partial charge in [-0.2, -0.15) is 0 Å². The van der Waals surface area contributed by atoms with Crippen LogP contribution in [0.25, 0.3) is 0 Å². The first-order chi connectivity index (χ1) is 9.84. The van der Waals surface area contributed by atoms with Crippen molar-refractivity contribution in [3.8, 4) is 0 Å². The zero-order valence-corrected chi connectivity index (χ0v) is 14.1. The van der Waals surface area contributed by atoms with Crippen LogP contribution < -0.4 is 5.32 Å². The number of nitrogens with one attached hydrogen (secondary N) is 1. The van der Waals surface area contributed by atoms with E-state index >= 15 is 0 Å². The molecule has 2 rings (SSSR count). The van der Waals surface area contributed by atoms with Gasteiger partial charge in [0.2, 0.25) is 0 Å². The van der Waals surface area contributed by atoms with Crippen LogP contribution in [-0.2, 0) is 5.41 Å². The number of hydrogen-bond donors (Lipinski definition) is 1. The van der Waals surface area contributed by atoms with Crippen LogP contribution in [-0.4, -0.2) is 7.05 Å². The Morgan fingerprint density at radius 3 is 2.14 bits per heavy atom. The van der Waals surface area contributed by atoms with E-state index in [1.54, 1.807) is 0 Å². The molecule has 0 aliphatic rings. The standard InChI is InChI=1S/C20H27N/c1-14-11-12-16(13-15(14)2)19(21-6)17-9-7-8-10-18(17)20(3,4)5/h7-13,19,21H,1-6H3. The molecule has 1 heteroatoms. The van der Waals surface area contributed by atoms with E-state index in [1.807, 2.05) is 7.05 Å². The van der Waals surface area contributed by atoms with Gasteiger partial charge in [-0.3, -0.25) is 0 Å². The van der Waals surface area contributed by atoms with Crippen molar-refractivity contribution in [3.05, 3.63) is 70.3 Å². The quantitative estimate of drug-likeness (QED) is 0.843. The van der Waals surface area contributed by atoms with Gasteiger partial charge in [0, 0.05) is 0 Å². The van der Waals surface area contributed by atoms with Gasteiger partial charge >= 0.3 is 0 Å². The molecule has 0 saturated carbocycles. The summed E-state index contributed by atoms with van der Waals surface area (Å²) in [5, 5.41) is 3.49. The first-order valence-electron chi connectivity index (χ1n) is 7.68. The van der Waals surface area contributed by atoms with Gasteiger partial charge in [-0.05, 0) is 54.1 Å². The summed E-state index contributed by atoms with van der Waals surface area (Å²) in [7, 11) is 2.04. The highest BCUT2D eigenvalue weighted by Gasteiger charge is 2.22. The number of rotatable bonds is 3. The summed E-state index contributed by atoms with van der Waals surface area (Å²) in [5.74, 6) is 0. The molecular formula is C20H27N. The average Bonchev–Trinajstić information content (AvgIpc) is 2.43. The van der Waals surface area contributed by atoms with E-state index in [9.17, 15) is 0 Å². The normalized spacial score (nSPS) is 13.2. The van der Waals surface area contributed by atoms with E-state index < -0.39 is 0 Å². The van der Waals surface area contributed by atoms with Crippen LogP contribution in [0, 0.1) is 13.8 Å². The largest absolute Gasteiger partial charge is 0.309 e. The van der Waals surface area contributed by atoms with Crippen molar-refractivity contribution in [1.29, 1.82) is 0 Å². The molecule has 0 aromatic heterocycles. The maximum atomic E-state index is 3.49. The van der Waals surface area contributed by atoms with Gasteiger partial charge in [0.25, 0.3) is 0 Å². The third-order valence-electron chi connectivity index (χ3n) is 4.23. The second-order valence-electron chi connectivity index (χ2n) is 6.90. The highest BCUT2D eigenvalue weighted by Crippen LogP contribution is 2.33. The molecule has 1 atom stereocenters. The number of aryl methyl sites for hydroxylation is 2. The molecular weight excluding hydrogens is 254 g/mol. The monoisotopic (exact) mass is 281 g/mol. The molecule has 2 aromatic carbocycles. The van der Waals surface area contributed by atoms with Crippen LogP contribution in [0.3, 0.4) is 0 Å². The van der Waals surface area contributed by atoms with Crippen molar-refractivity contribution in [2.75, 3.05) is 7.05 Å². The van der Waals surface area contributed by atoms with Crippen LogP contribution in [0.4, 0.5) is 0 Å². The molecule has 21 heavy (non-hydrogen) atoms. The van der Waals surface area contributed by atoms with Crippen LogP contribution in [0.15, 0.2) is 42.5 Å². The van der Waals surface area contributed by atoms with Gasteiger partial charge in [0.05, 0.1) is 6.04 Å². The molecule has 2 aromatic rings. The Hall–Kier alpha value is -1.60. The lowest BCUT2D eigenvalue weighted by Crippen LogP contribution is -2.23. The SMILES string of the molecule is CNC(c1ccc(C)c(C)c1)c1ccccc1C(C)(C)C. The zero-order valence-electron chi connectivity index (χ0n) is 14.1. The molecule has 0 saturated heterocycles. The minimum Gasteiger partial charge on any atom is -0.309 e. The zero-order chi connectivity index (χ0) is 15.6. The molecule has 1 N–H and O–H groups in total. The van der Waals surface area contributed by atoms with Crippen molar-refractivity contribution in [2.24, 2.45) is 0 Å². The van der Waals surface area contributed by atoms with Gasteiger partial charge in [0.15, 0.2) is 0 Å². The predicted octanol–water partition coefficient (Wildman–Crippen LogP) is 4.91. The highest BCUT2D eigenvalue weighted by atomic mass is 14.9. The van der Waals surface area contributed by atoms with E-state index in [-0.39, 0.29) is 11.5 Å². The Morgan fingerprint density at radius 1 is 0.905 bits per heavy atom. The smallest absolute Gasteiger partial charge is 0.0577 e. The molecule has 0 aliphatic heterocycles. The topological polar surface area (TPSA) is 12.0 Å². The highest BCUT2D eigenvalue weighted by molar-refractivity contribution is 5.42. The van der Waals surface area contributed by atoms with Crippen molar-refractivity contribution < 1.29 is 0 Å². The van der Waals surface area contributed by atoms with Crippen molar-refractivity contribution in [1.82, 2.24) is 5.32 Å². The molecule has 112 valence electrons. The fourth-order valence-electron chi connectivity index (χ4n) is 2.88. The van der Waals surface area contributed by atoms with Crippen molar-refractivity contribution >= 4 is 0 Å². The Kier molecular flexibility index (Phi) is 4.53. The van der Waals surface area contributed by atoms with Crippen LogP contribution in [0.2, 0.25) is 0 Å². The Morgan fingerprint density at radius 2 is 1.57 bits per heavy atom. The fraction of sp³-hybridized carbons (Fsp3) is 0.400. The predicted molar refractivity (Wildman–Crippen MR) is 92.0 cm³/mol. The Bertz CT molecular complexity index is 620. The van der Waals surface area contributed by atoms with E-state index in [4.69, 9.17) is 0 Å². The summed E-state index contributed by atoms with van der Waals surface area (Å²) in [6.45, 7) is 11.2. The maximum absolute atomic E-state index is 3.49. The summed E-state index contributed by atoms with van der Waals surface area (Å²) in [5.41, 5.74) is 6.94. The van der Waals surface area contributed by atoms with Gasteiger partial charge in [-0.25, -0.2) is 0 Å². The van der Waals surface area contributed by atoms with E-state index in [0.29, 0.717) is 0 Å². The van der Waals surface area contributed by atoms with Crippen LogP contribution >= 0.6 is 0 Å². The molecule has 0 aliphatic carbocycles. The number of hydrogen-bond acceptors (Lipinski definition) is 1. The summed E-state index contributed by atoms with van der Waals surface area (Å²) in [6.07, 6.45) is 0. The Balaban J connectivity index is 2.54. The third kappa shape index (κ3) is 3.36. The second kappa shape index (κ2) is 6.03. The van der Waals surface area contributed by atoms with E-state index in [1.165, 1.54) is 27.8 Å². The lowest BCUT2D eigenvalue weighted by molar-refractivity contribution is 0.567. The molecule has 1 unspecified atom stereocenters. The van der Waals surface area contributed by atoms with Gasteiger partial charge in [-0.1, -0.05) is 63.2 Å². The molecule has 0 amide bonds. The van der Waals surface area contributed by atoms with Gasteiger partial charge in [-0.15, -0.1) is 0 Å². The van der Waals surface area contributed by atoms with Gasteiger partial charge in [0.1, 0.15) is 0 Å². The maximum Gasteiger partial charge on any atom is 0.0577 e. The average molecular weight is 281 g/mol.